The van der Waals surface area contributed by atoms with Crippen molar-refractivity contribution in [3.63, 3.8) is 0 Å². The Kier molecular flexibility index (Phi) is 5.14. The van der Waals surface area contributed by atoms with Gasteiger partial charge in [-0.1, -0.05) is 0 Å². The molecule has 0 saturated carbocycles. The molecule has 0 aromatic rings. The molecule has 5 nitrogen and oxygen atoms in total. The zero-order valence-corrected chi connectivity index (χ0v) is 11.5. The quantitative estimate of drug-likeness (QED) is 0.746. The fourth-order valence-corrected chi connectivity index (χ4v) is 2.20. The van der Waals surface area contributed by atoms with Gasteiger partial charge in [-0.15, -0.1) is 0 Å². The fraction of sp³-hybridized carbons (Fsp3) is 0.846. The highest BCUT2D eigenvalue weighted by Gasteiger charge is 2.30. The summed E-state index contributed by atoms with van der Waals surface area (Å²) in [6, 6.07) is 0.0696. The van der Waals surface area contributed by atoms with Crippen molar-refractivity contribution in [1.82, 2.24) is 10.2 Å². The molecule has 1 atom stereocenters. The number of nitrogens with one attached hydrogen (secondary N) is 1. The maximum atomic E-state index is 11.8. The van der Waals surface area contributed by atoms with Crippen LogP contribution < -0.4 is 5.32 Å². The van der Waals surface area contributed by atoms with Crippen molar-refractivity contribution in [3.8, 4) is 0 Å². The Morgan fingerprint density at radius 3 is 2.39 bits per heavy atom. The summed E-state index contributed by atoms with van der Waals surface area (Å²) in [7, 11) is 0. The van der Waals surface area contributed by atoms with E-state index in [4.69, 9.17) is 5.11 Å². The first-order chi connectivity index (χ1) is 8.31. The number of aliphatic carboxylic acids is 1. The van der Waals surface area contributed by atoms with E-state index in [2.05, 4.69) is 10.2 Å². The lowest BCUT2D eigenvalue weighted by Crippen LogP contribution is -2.43. The smallest absolute Gasteiger partial charge is 0.309 e. The van der Waals surface area contributed by atoms with Gasteiger partial charge in [-0.2, -0.15) is 0 Å². The van der Waals surface area contributed by atoms with Crippen LogP contribution >= 0.6 is 0 Å². The van der Waals surface area contributed by atoms with Gasteiger partial charge >= 0.3 is 5.97 Å². The van der Waals surface area contributed by atoms with Crippen molar-refractivity contribution < 1.29 is 14.7 Å². The van der Waals surface area contributed by atoms with Crippen LogP contribution in [0.3, 0.4) is 0 Å². The van der Waals surface area contributed by atoms with Crippen LogP contribution in [0.25, 0.3) is 0 Å². The molecular formula is C13H24N2O3. The summed E-state index contributed by atoms with van der Waals surface area (Å²) in [6.07, 6.45) is 2.48. The molecule has 1 heterocycles. The number of rotatable bonds is 6. The van der Waals surface area contributed by atoms with Gasteiger partial charge in [0.25, 0.3) is 0 Å². The van der Waals surface area contributed by atoms with Gasteiger partial charge in [-0.25, -0.2) is 0 Å². The summed E-state index contributed by atoms with van der Waals surface area (Å²) >= 11 is 0. The Hall–Kier alpha value is -1.10. The summed E-state index contributed by atoms with van der Waals surface area (Å²) in [6.45, 7) is 8.14. The van der Waals surface area contributed by atoms with Gasteiger partial charge in [0.2, 0.25) is 5.91 Å². The summed E-state index contributed by atoms with van der Waals surface area (Å²) in [4.78, 5) is 25.0. The number of carboxylic acids is 1. The maximum Gasteiger partial charge on any atom is 0.309 e. The predicted octanol–water partition coefficient (Wildman–Crippen LogP) is 1.09. The Balaban J connectivity index is 2.32. The number of carbonyl (C=O) groups is 2. The van der Waals surface area contributed by atoms with Crippen molar-refractivity contribution in [2.24, 2.45) is 5.41 Å². The van der Waals surface area contributed by atoms with Crippen LogP contribution in [0.5, 0.6) is 0 Å². The van der Waals surface area contributed by atoms with E-state index >= 15 is 0 Å². The number of carboxylic acid groups (broad SMARTS) is 1. The Bertz CT molecular complexity index is 309. The van der Waals surface area contributed by atoms with Crippen LogP contribution in [0.2, 0.25) is 0 Å². The van der Waals surface area contributed by atoms with Gasteiger partial charge in [-0.05, 0) is 46.7 Å². The minimum absolute atomic E-state index is 0.0205. The molecule has 0 spiro atoms. The van der Waals surface area contributed by atoms with Gasteiger partial charge < -0.3 is 15.3 Å². The lowest BCUT2D eigenvalue weighted by atomic mass is 9.89. The Labute approximate surface area is 109 Å². The lowest BCUT2D eigenvalue weighted by molar-refractivity contribution is -0.149. The maximum absolute atomic E-state index is 11.8. The molecule has 1 fully saturated rings. The predicted molar refractivity (Wildman–Crippen MR) is 69.3 cm³/mol. The van der Waals surface area contributed by atoms with Crippen molar-refractivity contribution in [2.75, 3.05) is 19.6 Å². The number of hydrogen-bond donors (Lipinski definition) is 2. The summed E-state index contributed by atoms with van der Waals surface area (Å²) in [5, 5.41) is 11.8. The molecule has 0 aromatic heterocycles. The second kappa shape index (κ2) is 6.18. The third kappa shape index (κ3) is 4.64. The molecule has 0 aromatic carbocycles. The average molecular weight is 256 g/mol. The van der Waals surface area contributed by atoms with Gasteiger partial charge in [0.1, 0.15) is 0 Å². The standard InChI is InChI=1S/C13H24N2O3/c1-10(9-15-6-4-5-7-15)14-11(16)8-13(2,3)12(17)18/h10H,4-9H2,1-3H3,(H,14,16)(H,17,18). The first kappa shape index (κ1) is 15.0. The molecule has 1 rings (SSSR count). The number of nitrogens with zero attached hydrogens (tertiary/aromatic N) is 1. The summed E-state index contributed by atoms with van der Waals surface area (Å²) in [5.74, 6) is -1.13. The second-order valence-corrected chi connectivity index (χ2v) is 5.84. The van der Waals surface area contributed by atoms with Crippen molar-refractivity contribution in [2.45, 2.75) is 46.1 Å². The van der Waals surface area contributed by atoms with Gasteiger partial charge in [-0.3, -0.25) is 9.59 Å². The van der Waals surface area contributed by atoms with Crippen molar-refractivity contribution >= 4 is 11.9 Å². The zero-order chi connectivity index (χ0) is 13.8. The largest absolute Gasteiger partial charge is 0.481 e. The number of amides is 1. The molecule has 1 aliphatic heterocycles. The topological polar surface area (TPSA) is 69.6 Å². The minimum Gasteiger partial charge on any atom is -0.481 e. The average Bonchev–Trinajstić information content (AvgIpc) is 2.68. The van der Waals surface area contributed by atoms with E-state index < -0.39 is 11.4 Å². The summed E-state index contributed by atoms with van der Waals surface area (Å²) in [5.41, 5.74) is -1.00. The fourth-order valence-electron chi connectivity index (χ4n) is 2.20. The SMILES string of the molecule is CC(CN1CCCC1)NC(=O)CC(C)(C)C(=O)O. The molecule has 1 amide bonds. The summed E-state index contributed by atoms with van der Waals surface area (Å²) < 4.78 is 0. The molecule has 2 N–H and O–H groups in total. The van der Waals surface area contributed by atoms with E-state index in [1.807, 2.05) is 6.92 Å². The van der Waals surface area contributed by atoms with E-state index in [-0.39, 0.29) is 18.4 Å². The lowest BCUT2D eigenvalue weighted by Gasteiger charge is -2.23. The van der Waals surface area contributed by atoms with Crippen LogP contribution in [0.1, 0.15) is 40.0 Å². The van der Waals surface area contributed by atoms with Crippen LogP contribution in [0, 0.1) is 5.41 Å². The van der Waals surface area contributed by atoms with Crippen molar-refractivity contribution in [1.29, 1.82) is 0 Å². The molecule has 1 unspecified atom stereocenters. The first-order valence-electron chi connectivity index (χ1n) is 6.56. The van der Waals surface area contributed by atoms with E-state index in [1.165, 1.54) is 12.8 Å². The second-order valence-electron chi connectivity index (χ2n) is 5.84. The minimum atomic E-state index is -1.00. The molecule has 0 bridgehead atoms. The van der Waals surface area contributed by atoms with E-state index in [9.17, 15) is 9.59 Å². The molecule has 104 valence electrons. The zero-order valence-electron chi connectivity index (χ0n) is 11.5. The third-order valence-electron chi connectivity index (χ3n) is 3.32. The molecule has 0 radical (unpaired) electrons. The first-order valence-corrected chi connectivity index (χ1v) is 6.56. The number of likely N-dealkylation sites (tertiary alicyclic amines) is 1. The molecule has 0 aliphatic carbocycles. The van der Waals surface area contributed by atoms with Crippen LogP contribution in [-0.4, -0.2) is 47.6 Å². The highest BCUT2D eigenvalue weighted by atomic mass is 16.4. The normalized spacial score (nSPS) is 18.6. The molecule has 1 aliphatic rings. The molecule has 18 heavy (non-hydrogen) atoms. The Morgan fingerprint density at radius 2 is 1.89 bits per heavy atom. The van der Waals surface area contributed by atoms with E-state index in [1.54, 1.807) is 13.8 Å². The molecule has 5 heteroatoms. The molecule has 1 saturated heterocycles. The van der Waals surface area contributed by atoms with Crippen LogP contribution in [0.4, 0.5) is 0 Å². The highest BCUT2D eigenvalue weighted by Crippen LogP contribution is 2.20. The van der Waals surface area contributed by atoms with E-state index in [0.717, 1.165) is 19.6 Å². The molecular weight excluding hydrogens is 232 g/mol. The highest BCUT2D eigenvalue weighted by molar-refractivity contribution is 5.84. The number of carbonyl (C=O) groups excluding carboxylic acids is 1. The van der Waals surface area contributed by atoms with Crippen molar-refractivity contribution in [3.05, 3.63) is 0 Å². The number of hydrogen-bond acceptors (Lipinski definition) is 3. The van der Waals surface area contributed by atoms with E-state index in [0.29, 0.717) is 0 Å². The van der Waals surface area contributed by atoms with Gasteiger partial charge in [0.05, 0.1) is 5.41 Å². The van der Waals surface area contributed by atoms with Crippen LogP contribution in [-0.2, 0) is 9.59 Å². The monoisotopic (exact) mass is 256 g/mol. The van der Waals surface area contributed by atoms with Gasteiger partial charge in [0.15, 0.2) is 0 Å². The third-order valence-corrected chi connectivity index (χ3v) is 3.32. The van der Waals surface area contributed by atoms with Crippen LogP contribution in [0.15, 0.2) is 0 Å². The Morgan fingerprint density at radius 1 is 1.33 bits per heavy atom. The van der Waals surface area contributed by atoms with Gasteiger partial charge in [0, 0.05) is 19.0 Å².